The van der Waals surface area contributed by atoms with Gasteiger partial charge in [-0.25, -0.2) is 13.6 Å². The van der Waals surface area contributed by atoms with Crippen molar-refractivity contribution in [3.8, 4) is 0 Å². The van der Waals surface area contributed by atoms with E-state index in [1.807, 2.05) is 0 Å². The molecule has 0 saturated carbocycles. The molecule has 0 unspecified atom stereocenters. The van der Waals surface area contributed by atoms with Gasteiger partial charge in [-0.15, -0.1) is 0 Å². The van der Waals surface area contributed by atoms with Crippen LogP contribution in [0.15, 0.2) is 51.1 Å². The predicted octanol–water partition coefficient (Wildman–Crippen LogP) is 3.67. The molecule has 2 aromatic carbocycles. The molecule has 0 amide bonds. The van der Waals surface area contributed by atoms with Crippen LogP contribution < -0.4 is 9.86 Å². The van der Waals surface area contributed by atoms with Crippen LogP contribution in [0.2, 0.25) is 10.0 Å². The molecule has 1 radical (unpaired) electrons. The van der Waals surface area contributed by atoms with Gasteiger partial charge in [0.05, 0.1) is 15.6 Å². The summed E-state index contributed by atoms with van der Waals surface area (Å²) in [5.74, 6) is 0. The van der Waals surface area contributed by atoms with Crippen molar-refractivity contribution in [1.29, 1.82) is 0 Å². The van der Waals surface area contributed by atoms with Crippen molar-refractivity contribution in [1.82, 2.24) is 0 Å². The summed E-state index contributed by atoms with van der Waals surface area (Å²) in [5, 5.41) is 5.43. The fraction of sp³-hybridized carbons (Fsp3) is 0.0769. The number of benzene rings is 2. The second kappa shape index (κ2) is 9.31. The maximum Gasteiger partial charge on any atom is 0.516 e. The third-order valence-electron chi connectivity index (χ3n) is 2.94. The summed E-state index contributed by atoms with van der Waals surface area (Å²) in [7, 11) is -9.92. The van der Waals surface area contributed by atoms with Crippen molar-refractivity contribution < 1.29 is 30.0 Å². The molecule has 0 spiro atoms. The summed E-state index contributed by atoms with van der Waals surface area (Å²) in [6.07, 6.45) is 0. The van der Waals surface area contributed by atoms with Gasteiger partial charge in [0.15, 0.2) is 0 Å². The smallest absolute Gasteiger partial charge is 0.275 e. The molecule has 2 aromatic rings. The first kappa shape index (κ1) is 25.9. The Kier molecular flexibility index (Phi) is 8.60. The molecule has 0 fully saturated rings. The topological polar surface area (TPSA) is 106 Å². The summed E-state index contributed by atoms with van der Waals surface area (Å²) < 4.78 is 85.1. The largest absolute Gasteiger partial charge is 0.516 e. The van der Waals surface area contributed by atoms with E-state index in [0.29, 0.717) is 9.92 Å². The predicted molar refractivity (Wildman–Crippen MR) is 103 cm³/mol. The SMILES string of the molecule is NS(=O)(=O)c1ccc(NS(=O)(=O)C(F)(F)F)c(Sc2ccc(Cl)cc2Cl)c1.[Na]. The van der Waals surface area contributed by atoms with E-state index in [1.165, 1.54) is 22.9 Å². The van der Waals surface area contributed by atoms with Gasteiger partial charge in [0.1, 0.15) is 0 Å². The zero-order valence-electron chi connectivity index (χ0n) is 13.8. The molecule has 0 atom stereocenters. The molecule has 0 heterocycles. The zero-order valence-corrected chi connectivity index (χ0v) is 19.8. The second-order valence-electron chi connectivity index (χ2n) is 4.93. The number of sulfonamides is 2. The van der Waals surface area contributed by atoms with E-state index in [4.69, 9.17) is 28.3 Å². The molecule has 0 aliphatic heterocycles. The second-order valence-corrected chi connectivity index (χ2v) is 10.1. The van der Waals surface area contributed by atoms with Gasteiger partial charge in [0.2, 0.25) is 10.0 Å². The summed E-state index contributed by atoms with van der Waals surface area (Å²) in [6, 6.07) is 6.89. The Bertz CT molecular complexity index is 1100. The maximum atomic E-state index is 12.6. The first-order chi connectivity index (χ1) is 12.2. The van der Waals surface area contributed by atoms with Crippen LogP contribution in [0.5, 0.6) is 0 Å². The average molecular weight is 504 g/mol. The minimum atomic E-state index is -5.73. The quantitative estimate of drug-likeness (QED) is 0.605. The van der Waals surface area contributed by atoms with E-state index in [9.17, 15) is 30.0 Å². The fourth-order valence-electron chi connectivity index (χ4n) is 1.73. The van der Waals surface area contributed by atoms with Crippen LogP contribution in [0.3, 0.4) is 0 Å². The number of anilines is 1. The zero-order chi connectivity index (χ0) is 20.6. The third-order valence-corrected chi connectivity index (χ3v) is 6.75. The molecule has 0 aliphatic rings. The Labute approximate surface area is 195 Å². The van der Waals surface area contributed by atoms with Gasteiger partial charge in [0, 0.05) is 44.4 Å². The average Bonchev–Trinajstić information content (AvgIpc) is 2.49. The number of hydrogen-bond acceptors (Lipinski definition) is 5. The summed E-state index contributed by atoms with van der Waals surface area (Å²) in [5.41, 5.74) is -6.07. The van der Waals surface area contributed by atoms with E-state index in [-0.39, 0.29) is 39.5 Å². The molecular formula is C13H9Cl2F3N2NaO4S3. The van der Waals surface area contributed by atoms with Gasteiger partial charge in [-0.05, 0) is 36.4 Å². The van der Waals surface area contributed by atoms with Crippen LogP contribution in [0.4, 0.5) is 18.9 Å². The molecule has 0 aliphatic carbocycles. The molecule has 6 nitrogen and oxygen atoms in total. The molecule has 3 N–H and O–H groups in total. The number of primary sulfonamides is 1. The Morgan fingerprint density at radius 2 is 1.57 bits per heavy atom. The first-order valence-corrected chi connectivity index (χ1v) is 11.2. The minimum absolute atomic E-state index is 0. The van der Waals surface area contributed by atoms with Crippen molar-refractivity contribution in [3.05, 3.63) is 46.4 Å². The standard InChI is InChI=1S/C13H9Cl2F3N2O4S3.Na/c14-7-1-4-11(9(15)5-7)25-12-6-8(26(19,21)22)2-3-10(12)20-27(23,24)13(16,17)18;/h1-6,20H,(H2,19,21,22);. The Morgan fingerprint density at radius 1 is 0.964 bits per heavy atom. The Hall–Kier alpha value is -0.180. The van der Waals surface area contributed by atoms with Crippen LogP contribution in [0.25, 0.3) is 0 Å². The number of hydrogen-bond donors (Lipinski definition) is 2. The number of nitrogens with one attached hydrogen (secondary N) is 1. The molecule has 15 heteroatoms. The monoisotopic (exact) mass is 503 g/mol. The van der Waals surface area contributed by atoms with Gasteiger partial charge in [-0.2, -0.15) is 21.6 Å². The maximum absolute atomic E-state index is 12.6. The van der Waals surface area contributed by atoms with Gasteiger partial charge in [-0.1, -0.05) is 35.0 Å². The van der Waals surface area contributed by atoms with Crippen molar-refractivity contribution in [2.45, 2.75) is 20.2 Å². The fourth-order valence-corrected chi connectivity index (χ4v) is 4.46. The van der Waals surface area contributed by atoms with Crippen molar-refractivity contribution in [2.24, 2.45) is 5.14 Å². The number of alkyl halides is 3. The van der Waals surface area contributed by atoms with Gasteiger partial charge < -0.3 is 0 Å². The van der Waals surface area contributed by atoms with Crippen LogP contribution >= 0.6 is 35.0 Å². The third kappa shape index (κ3) is 6.41. The molecular weight excluding hydrogens is 495 g/mol. The first-order valence-electron chi connectivity index (χ1n) is 6.59. The van der Waals surface area contributed by atoms with E-state index >= 15 is 0 Å². The van der Waals surface area contributed by atoms with Crippen LogP contribution in [-0.2, 0) is 20.0 Å². The molecule has 0 aromatic heterocycles. The number of halogens is 5. The summed E-state index contributed by atoms with van der Waals surface area (Å²) >= 11 is 12.5. The Balaban J connectivity index is 0.00000392. The van der Waals surface area contributed by atoms with Gasteiger partial charge >= 0.3 is 15.5 Å². The summed E-state index contributed by atoms with van der Waals surface area (Å²) in [6.45, 7) is 0. The van der Waals surface area contributed by atoms with Crippen LogP contribution in [0, 0.1) is 0 Å². The van der Waals surface area contributed by atoms with Crippen molar-refractivity contribution in [2.75, 3.05) is 4.72 Å². The van der Waals surface area contributed by atoms with Crippen molar-refractivity contribution >= 4 is 90.3 Å². The van der Waals surface area contributed by atoms with Gasteiger partial charge in [0.25, 0.3) is 0 Å². The molecule has 2 rings (SSSR count). The van der Waals surface area contributed by atoms with Gasteiger partial charge in [-0.3, -0.25) is 4.72 Å². The van der Waals surface area contributed by atoms with Crippen LogP contribution in [-0.4, -0.2) is 51.9 Å². The Morgan fingerprint density at radius 3 is 2.07 bits per heavy atom. The van der Waals surface area contributed by atoms with E-state index in [0.717, 1.165) is 30.0 Å². The molecule has 0 bridgehead atoms. The minimum Gasteiger partial charge on any atom is -0.275 e. The van der Waals surface area contributed by atoms with E-state index in [1.54, 1.807) is 0 Å². The van der Waals surface area contributed by atoms with Crippen LogP contribution in [0.1, 0.15) is 0 Å². The molecule has 149 valence electrons. The normalized spacial score (nSPS) is 12.4. The van der Waals surface area contributed by atoms with E-state index in [2.05, 4.69) is 0 Å². The number of rotatable bonds is 5. The molecule has 28 heavy (non-hydrogen) atoms. The summed E-state index contributed by atoms with van der Waals surface area (Å²) in [4.78, 5) is -0.302. The van der Waals surface area contributed by atoms with E-state index < -0.39 is 36.1 Å². The van der Waals surface area contributed by atoms with Crippen molar-refractivity contribution in [3.63, 3.8) is 0 Å². The molecule has 0 saturated heterocycles. The number of nitrogens with two attached hydrogens (primary N) is 1.